The Morgan fingerprint density at radius 2 is 2.36 bits per heavy atom. The lowest BCUT2D eigenvalue weighted by molar-refractivity contribution is 0.564. The molecule has 2 heterocycles. The highest BCUT2D eigenvalue weighted by Gasteiger charge is 1.95. The van der Waals surface area contributed by atoms with Gasteiger partial charge in [-0.05, 0) is 25.1 Å². The molecule has 2 rings (SSSR count). The number of anilines is 1. The first-order valence-corrected chi connectivity index (χ1v) is 4.52. The molecule has 0 bridgehead atoms. The van der Waals surface area contributed by atoms with Gasteiger partial charge in [0.25, 0.3) is 0 Å². The largest absolute Gasteiger partial charge is 0.472 e. The number of aromatic nitrogens is 1. The van der Waals surface area contributed by atoms with E-state index in [4.69, 9.17) is 4.42 Å². The fourth-order valence-corrected chi connectivity index (χ4v) is 1.25. The lowest BCUT2D eigenvalue weighted by Gasteiger charge is -2.04. The zero-order valence-corrected chi connectivity index (χ0v) is 8.03. The minimum atomic E-state index is 0.778. The summed E-state index contributed by atoms with van der Waals surface area (Å²) in [5, 5.41) is 3.29. The van der Waals surface area contributed by atoms with Crippen molar-refractivity contribution in [3.05, 3.63) is 48.2 Å². The van der Waals surface area contributed by atoms with Crippen molar-refractivity contribution in [2.45, 2.75) is 13.5 Å². The lowest BCUT2D eigenvalue weighted by atomic mass is 10.3. The van der Waals surface area contributed by atoms with Crippen LogP contribution in [-0.2, 0) is 6.54 Å². The van der Waals surface area contributed by atoms with Gasteiger partial charge in [0.05, 0.1) is 12.5 Å². The molecule has 0 fully saturated rings. The molecular formula is C11H12N2O. The maximum absolute atomic E-state index is 4.97. The summed E-state index contributed by atoms with van der Waals surface area (Å²) in [6, 6.07) is 5.91. The minimum Gasteiger partial charge on any atom is -0.472 e. The molecular weight excluding hydrogens is 176 g/mol. The van der Waals surface area contributed by atoms with E-state index in [1.165, 1.54) is 0 Å². The number of aryl methyl sites for hydroxylation is 1. The third kappa shape index (κ3) is 2.13. The second-order valence-corrected chi connectivity index (χ2v) is 3.17. The Kier molecular flexibility index (Phi) is 2.49. The van der Waals surface area contributed by atoms with Crippen molar-refractivity contribution in [2.24, 2.45) is 0 Å². The van der Waals surface area contributed by atoms with Crippen LogP contribution in [0.3, 0.4) is 0 Å². The molecule has 2 aromatic rings. The van der Waals surface area contributed by atoms with Gasteiger partial charge >= 0.3 is 0 Å². The van der Waals surface area contributed by atoms with Crippen molar-refractivity contribution >= 4 is 5.69 Å². The molecule has 14 heavy (non-hydrogen) atoms. The fraction of sp³-hybridized carbons (Fsp3) is 0.182. The minimum absolute atomic E-state index is 0.778. The highest BCUT2D eigenvalue weighted by Crippen LogP contribution is 2.09. The van der Waals surface area contributed by atoms with Crippen LogP contribution in [0.4, 0.5) is 5.69 Å². The summed E-state index contributed by atoms with van der Waals surface area (Å²) in [6.07, 6.45) is 5.21. The number of pyridine rings is 1. The Labute approximate surface area is 82.8 Å². The summed E-state index contributed by atoms with van der Waals surface area (Å²) in [7, 11) is 0. The first kappa shape index (κ1) is 8.81. The van der Waals surface area contributed by atoms with Gasteiger partial charge in [-0.2, -0.15) is 0 Å². The first-order chi connectivity index (χ1) is 6.84. The van der Waals surface area contributed by atoms with Crippen molar-refractivity contribution in [1.29, 1.82) is 0 Å². The normalized spacial score (nSPS) is 10.1. The second kappa shape index (κ2) is 3.96. The van der Waals surface area contributed by atoms with Gasteiger partial charge in [0.2, 0.25) is 0 Å². The highest BCUT2D eigenvalue weighted by atomic mass is 16.3. The van der Waals surface area contributed by atoms with Gasteiger partial charge < -0.3 is 9.73 Å². The van der Waals surface area contributed by atoms with Crippen LogP contribution < -0.4 is 5.32 Å². The quantitative estimate of drug-likeness (QED) is 0.804. The average Bonchev–Trinajstić information content (AvgIpc) is 2.67. The molecule has 0 unspecified atom stereocenters. The molecule has 2 aromatic heterocycles. The molecule has 0 amide bonds. The fourth-order valence-electron chi connectivity index (χ4n) is 1.25. The maximum Gasteiger partial charge on any atom is 0.0952 e. The molecule has 0 aliphatic heterocycles. The number of nitrogens with zero attached hydrogens (tertiary/aromatic N) is 1. The van der Waals surface area contributed by atoms with Gasteiger partial charge in [0.15, 0.2) is 0 Å². The lowest BCUT2D eigenvalue weighted by Crippen LogP contribution is -1.98. The molecule has 3 nitrogen and oxygen atoms in total. The van der Waals surface area contributed by atoms with E-state index in [1.807, 2.05) is 25.1 Å². The van der Waals surface area contributed by atoms with E-state index in [0.29, 0.717) is 0 Å². The maximum atomic E-state index is 4.97. The van der Waals surface area contributed by atoms with Gasteiger partial charge in [-0.15, -0.1) is 0 Å². The van der Waals surface area contributed by atoms with E-state index in [1.54, 1.807) is 18.7 Å². The van der Waals surface area contributed by atoms with E-state index >= 15 is 0 Å². The Hall–Kier alpha value is -1.77. The SMILES string of the molecule is Cc1cc(NCc2ccoc2)ccn1. The molecule has 3 heteroatoms. The smallest absolute Gasteiger partial charge is 0.0952 e. The average molecular weight is 188 g/mol. The van der Waals surface area contributed by atoms with Crippen LogP contribution in [0.2, 0.25) is 0 Å². The second-order valence-electron chi connectivity index (χ2n) is 3.17. The predicted octanol–water partition coefficient (Wildman–Crippen LogP) is 2.60. The number of nitrogens with one attached hydrogen (secondary N) is 1. The predicted molar refractivity (Wildman–Crippen MR) is 55.0 cm³/mol. The molecule has 0 saturated heterocycles. The first-order valence-electron chi connectivity index (χ1n) is 4.52. The molecule has 72 valence electrons. The number of hydrogen-bond donors (Lipinski definition) is 1. The molecule has 0 radical (unpaired) electrons. The van der Waals surface area contributed by atoms with Crippen LogP contribution in [0.5, 0.6) is 0 Å². The van der Waals surface area contributed by atoms with Gasteiger partial charge in [-0.1, -0.05) is 0 Å². The summed E-state index contributed by atoms with van der Waals surface area (Å²) in [5.41, 5.74) is 3.24. The monoisotopic (exact) mass is 188 g/mol. The van der Waals surface area contributed by atoms with E-state index in [-0.39, 0.29) is 0 Å². The van der Waals surface area contributed by atoms with Gasteiger partial charge in [0.1, 0.15) is 0 Å². The molecule has 0 spiro atoms. The van der Waals surface area contributed by atoms with Crippen molar-refractivity contribution < 1.29 is 4.42 Å². The van der Waals surface area contributed by atoms with Gasteiger partial charge in [0, 0.05) is 29.7 Å². The topological polar surface area (TPSA) is 38.1 Å². The molecule has 0 aliphatic carbocycles. The third-order valence-corrected chi connectivity index (χ3v) is 1.97. The Balaban J connectivity index is 1.98. The van der Waals surface area contributed by atoms with Crippen LogP contribution in [0.25, 0.3) is 0 Å². The van der Waals surface area contributed by atoms with Crippen LogP contribution in [0.15, 0.2) is 41.3 Å². The highest BCUT2D eigenvalue weighted by molar-refractivity contribution is 5.43. The molecule has 0 atom stereocenters. The molecule has 1 N–H and O–H groups in total. The van der Waals surface area contributed by atoms with Gasteiger partial charge in [-0.25, -0.2) is 0 Å². The number of rotatable bonds is 3. The molecule has 0 saturated carbocycles. The van der Waals surface area contributed by atoms with E-state index in [9.17, 15) is 0 Å². The van der Waals surface area contributed by atoms with Crippen molar-refractivity contribution in [1.82, 2.24) is 4.98 Å². The van der Waals surface area contributed by atoms with Crippen molar-refractivity contribution in [2.75, 3.05) is 5.32 Å². The Morgan fingerprint density at radius 3 is 3.07 bits per heavy atom. The van der Waals surface area contributed by atoms with Crippen LogP contribution in [0.1, 0.15) is 11.3 Å². The van der Waals surface area contributed by atoms with E-state index in [0.717, 1.165) is 23.5 Å². The zero-order valence-electron chi connectivity index (χ0n) is 8.03. The van der Waals surface area contributed by atoms with Crippen LogP contribution in [-0.4, -0.2) is 4.98 Å². The molecule has 0 aromatic carbocycles. The summed E-state index contributed by atoms with van der Waals surface area (Å²) in [5.74, 6) is 0. The van der Waals surface area contributed by atoms with E-state index in [2.05, 4.69) is 10.3 Å². The Bertz CT molecular complexity index is 395. The summed E-state index contributed by atoms with van der Waals surface area (Å²) in [4.78, 5) is 4.13. The Morgan fingerprint density at radius 1 is 1.43 bits per heavy atom. The number of hydrogen-bond acceptors (Lipinski definition) is 3. The van der Waals surface area contributed by atoms with E-state index < -0.39 is 0 Å². The van der Waals surface area contributed by atoms with Crippen LogP contribution >= 0.6 is 0 Å². The summed E-state index contributed by atoms with van der Waals surface area (Å²) >= 11 is 0. The summed E-state index contributed by atoms with van der Waals surface area (Å²) in [6.45, 7) is 2.75. The zero-order chi connectivity index (χ0) is 9.80. The summed E-state index contributed by atoms with van der Waals surface area (Å²) < 4.78 is 4.97. The van der Waals surface area contributed by atoms with Crippen LogP contribution in [0, 0.1) is 6.92 Å². The molecule has 0 aliphatic rings. The van der Waals surface area contributed by atoms with Crippen molar-refractivity contribution in [3.8, 4) is 0 Å². The standard InChI is InChI=1S/C11H12N2O/c1-9-6-11(2-4-12-9)13-7-10-3-5-14-8-10/h2-6,8H,7H2,1H3,(H,12,13). The third-order valence-electron chi connectivity index (χ3n) is 1.97. The van der Waals surface area contributed by atoms with Crippen molar-refractivity contribution in [3.63, 3.8) is 0 Å². The van der Waals surface area contributed by atoms with Gasteiger partial charge in [-0.3, -0.25) is 4.98 Å². The number of furan rings is 1.